The molecule has 0 aliphatic carbocycles. The first-order chi connectivity index (χ1) is 11.8. The standard InChI is InChI=1S/C19H17ClN4/c20-17-5-3-15(4-6-17)19-22-11-16-7-9-24(13-18(16)23-19)12-14-2-1-8-21-10-14/h1-6,8,10-11H,7,9,12-13H2. The van der Waals surface area contributed by atoms with Crippen molar-refractivity contribution >= 4 is 11.6 Å². The van der Waals surface area contributed by atoms with Crippen LogP contribution in [0.4, 0.5) is 0 Å². The number of hydrogen-bond donors (Lipinski definition) is 0. The Morgan fingerprint density at radius 2 is 1.96 bits per heavy atom. The molecule has 120 valence electrons. The average Bonchev–Trinajstić information content (AvgIpc) is 2.63. The van der Waals surface area contributed by atoms with Gasteiger partial charge in [0, 0.05) is 48.8 Å². The monoisotopic (exact) mass is 336 g/mol. The number of pyridine rings is 1. The molecule has 3 heterocycles. The normalized spacial score (nSPS) is 14.4. The van der Waals surface area contributed by atoms with Gasteiger partial charge in [0.05, 0.1) is 5.69 Å². The molecule has 0 N–H and O–H groups in total. The van der Waals surface area contributed by atoms with Crippen LogP contribution in [-0.4, -0.2) is 26.4 Å². The topological polar surface area (TPSA) is 41.9 Å². The van der Waals surface area contributed by atoms with E-state index in [0.717, 1.165) is 48.2 Å². The van der Waals surface area contributed by atoms with Crippen molar-refractivity contribution in [3.05, 3.63) is 76.8 Å². The van der Waals surface area contributed by atoms with Crippen molar-refractivity contribution in [1.82, 2.24) is 19.9 Å². The van der Waals surface area contributed by atoms with Crippen LogP contribution in [0.5, 0.6) is 0 Å². The molecule has 1 aliphatic rings. The molecule has 0 bridgehead atoms. The molecule has 0 saturated heterocycles. The van der Waals surface area contributed by atoms with Crippen LogP contribution >= 0.6 is 11.6 Å². The Morgan fingerprint density at radius 1 is 1.08 bits per heavy atom. The summed E-state index contributed by atoms with van der Waals surface area (Å²) in [5, 5.41) is 0.722. The van der Waals surface area contributed by atoms with Gasteiger partial charge < -0.3 is 0 Å². The molecule has 0 saturated carbocycles. The van der Waals surface area contributed by atoms with E-state index in [1.807, 2.05) is 42.7 Å². The van der Waals surface area contributed by atoms with E-state index >= 15 is 0 Å². The van der Waals surface area contributed by atoms with E-state index in [1.165, 1.54) is 11.1 Å². The van der Waals surface area contributed by atoms with E-state index in [9.17, 15) is 0 Å². The molecular formula is C19H17ClN4. The molecule has 0 amide bonds. The van der Waals surface area contributed by atoms with Gasteiger partial charge in [-0.05, 0) is 47.9 Å². The van der Waals surface area contributed by atoms with Crippen LogP contribution in [0.2, 0.25) is 5.02 Å². The number of rotatable bonds is 3. The van der Waals surface area contributed by atoms with E-state index in [4.69, 9.17) is 16.6 Å². The highest BCUT2D eigenvalue weighted by atomic mass is 35.5. The van der Waals surface area contributed by atoms with E-state index in [2.05, 4.69) is 20.9 Å². The first-order valence-corrected chi connectivity index (χ1v) is 8.38. The minimum Gasteiger partial charge on any atom is -0.293 e. The third kappa shape index (κ3) is 3.30. The Kier molecular flexibility index (Phi) is 4.24. The summed E-state index contributed by atoms with van der Waals surface area (Å²) < 4.78 is 0. The zero-order valence-electron chi connectivity index (χ0n) is 13.2. The Bertz CT molecular complexity index is 834. The van der Waals surface area contributed by atoms with Crippen LogP contribution in [0.3, 0.4) is 0 Å². The summed E-state index contributed by atoms with van der Waals surface area (Å²) in [5.41, 5.74) is 4.58. The van der Waals surface area contributed by atoms with Crippen LogP contribution < -0.4 is 0 Å². The Balaban J connectivity index is 1.56. The largest absolute Gasteiger partial charge is 0.293 e. The molecule has 3 aromatic rings. The minimum atomic E-state index is 0.722. The summed E-state index contributed by atoms with van der Waals surface area (Å²) in [6.45, 7) is 2.76. The molecule has 4 nitrogen and oxygen atoms in total. The first-order valence-electron chi connectivity index (χ1n) is 8.00. The van der Waals surface area contributed by atoms with E-state index in [-0.39, 0.29) is 0 Å². The molecule has 24 heavy (non-hydrogen) atoms. The number of hydrogen-bond acceptors (Lipinski definition) is 4. The van der Waals surface area contributed by atoms with Crippen molar-refractivity contribution in [2.75, 3.05) is 6.54 Å². The maximum Gasteiger partial charge on any atom is 0.159 e. The molecule has 0 atom stereocenters. The van der Waals surface area contributed by atoms with Gasteiger partial charge in [-0.25, -0.2) is 9.97 Å². The number of nitrogens with zero attached hydrogens (tertiary/aromatic N) is 4. The van der Waals surface area contributed by atoms with Gasteiger partial charge in [-0.1, -0.05) is 17.7 Å². The summed E-state index contributed by atoms with van der Waals surface area (Å²) in [6, 6.07) is 11.7. The fourth-order valence-corrected chi connectivity index (χ4v) is 3.11. The second-order valence-corrected chi connectivity index (χ2v) is 6.43. The molecule has 4 rings (SSSR count). The third-order valence-corrected chi connectivity index (χ3v) is 4.51. The molecule has 0 radical (unpaired) electrons. The van der Waals surface area contributed by atoms with Gasteiger partial charge >= 0.3 is 0 Å². The quantitative estimate of drug-likeness (QED) is 0.730. The van der Waals surface area contributed by atoms with Gasteiger partial charge in [0.2, 0.25) is 0 Å². The molecule has 1 aromatic carbocycles. The zero-order valence-corrected chi connectivity index (χ0v) is 13.9. The highest BCUT2D eigenvalue weighted by Gasteiger charge is 2.19. The molecule has 5 heteroatoms. The highest BCUT2D eigenvalue weighted by Crippen LogP contribution is 2.23. The summed E-state index contributed by atoms with van der Waals surface area (Å²) in [6.07, 6.45) is 6.68. The fourth-order valence-electron chi connectivity index (χ4n) is 2.98. The Hall–Kier alpha value is -2.30. The van der Waals surface area contributed by atoms with Crippen LogP contribution in [0.1, 0.15) is 16.8 Å². The number of aromatic nitrogens is 3. The summed E-state index contributed by atoms with van der Waals surface area (Å²) >= 11 is 5.96. The van der Waals surface area contributed by atoms with Gasteiger partial charge in [0.15, 0.2) is 5.82 Å². The molecule has 0 spiro atoms. The van der Waals surface area contributed by atoms with Crippen molar-refractivity contribution in [2.45, 2.75) is 19.5 Å². The number of fused-ring (bicyclic) bond motifs is 1. The van der Waals surface area contributed by atoms with E-state index in [0.29, 0.717) is 0 Å². The van der Waals surface area contributed by atoms with Crippen molar-refractivity contribution in [2.24, 2.45) is 0 Å². The fraction of sp³-hybridized carbons (Fsp3) is 0.211. The van der Waals surface area contributed by atoms with Gasteiger partial charge in [0.1, 0.15) is 0 Å². The first kappa shape index (κ1) is 15.2. The lowest BCUT2D eigenvalue weighted by atomic mass is 10.1. The molecule has 2 aromatic heterocycles. The van der Waals surface area contributed by atoms with Crippen molar-refractivity contribution < 1.29 is 0 Å². The second kappa shape index (κ2) is 6.67. The second-order valence-electron chi connectivity index (χ2n) is 5.99. The predicted molar refractivity (Wildman–Crippen MR) is 94.5 cm³/mol. The summed E-state index contributed by atoms with van der Waals surface area (Å²) in [5.74, 6) is 0.758. The van der Waals surface area contributed by atoms with Crippen LogP contribution in [0.25, 0.3) is 11.4 Å². The Morgan fingerprint density at radius 3 is 2.75 bits per heavy atom. The van der Waals surface area contributed by atoms with Crippen molar-refractivity contribution in [1.29, 1.82) is 0 Å². The predicted octanol–water partition coefficient (Wildman–Crippen LogP) is 3.75. The molecule has 0 unspecified atom stereocenters. The van der Waals surface area contributed by atoms with Gasteiger partial charge in [-0.15, -0.1) is 0 Å². The number of halogens is 1. The van der Waals surface area contributed by atoms with Gasteiger partial charge in [0.25, 0.3) is 0 Å². The zero-order chi connectivity index (χ0) is 16.4. The summed E-state index contributed by atoms with van der Waals surface area (Å²) in [4.78, 5) is 15.9. The van der Waals surface area contributed by atoms with Crippen molar-refractivity contribution in [3.63, 3.8) is 0 Å². The minimum absolute atomic E-state index is 0.722. The maximum absolute atomic E-state index is 5.96. The molecule has 0 fully saturated rings. The maximum atomic E-state index is 5.96. The van der Waals surface area contributed by atoms with Gasteiger partial charge in [-0.2, -0.15) is 0 Å². The van der Waals surface area contributed by atoms with E-state index in [1.54, 1.807) is 6.20 Å². The highest BCUT2D eigenvalue weighted by molar-refractivity contribution is 6.30. The average molecular weight is 337 g/mol. The third-order valence-electron chi connectivity index (χ3n) is 4.26. The SMILES string of the molecule is Clc1ccc(-c2ncc3c(n2)CN(Cc2cccnc2)CC3)cc1. The molecule has 1 aliphatic heterocycles. The van der Waals surface area contributed by atoms with Crippen LogP contribution in [0.15, 0.2) is 55.0 Å². The summed E-state index contributed by atoms with van der Waals surface area (Å²) in [7, 11) is 0. The van der Waals surface area contributed by atoms with Gasteiger partial charge in [-0.3, -0.25) is 9.88 Å². The lowest BCUT2D eigenvalue weighted by Gasteiger charge is -2.27. The lowest BCUT2D eigenvalue weighted by molar-refractivity contribution is 0.241. The van der Waals surface area contributed by atoms with E-state index < -0.39 is 0 Å². The van der Waals surface area contributed by atoms with Crippen molar-refractivity contribution in [3.8, 4) is 11.4 Å². The van der Waals surface area contributed by atoms with Crippen LogP contribution in [0, 0.1) is 0 Å². The lowest BCUT2D eigenvalue weighted by Crippen LogP contribution is -2.31. The smallest absolute Gasteiger partial charge is 0.159 e. The Labute approximate surface area is 146 Å². The number of benzene rings is 1. The van der Waals surface area contributed by atoms with Crippen LogP contribution in [-0.2, 0) is 19.5 Å². The molecular weight excluding hydrogens is 320 g/mol.